The highest BCUT2D eigenvalue weighted by molar-refractivity contribution is 9.10. The van der Waals surface area contributed by atoms with Crippen molar-refractivity contribution in [2.24, 2.45) is 0 Å². The molecule has 0 atom stereocenters. The topological polar surface area (TPSA) is 29.5 Å². The smallest absolute Gasteiger partial charge is 0.227 e. The van der Waals surface area contributed by atoms with E-state index in [0.717, 1.165) is 15.7 Å². The van der Waals surface area contributed by atoms with Crippen LogP contribution in [-0.4, -0.2) is 24.8 Å². The summed E-state index contributed by atoms with van der Waals surface area (Å²) in [5.41, 5.74) is 2.00. The summed E-state index contributed by atoms with van der Waals surface area (Å²) >= 11 is 7.54. The molecule has 0 saturated carbocycles. The minimum atomic E-state index is 0.106. The van der Waals surface area contributed by atoms with Crippen LogP contribution in [0.3, 0.4) is 0 Å². The second-order valence-electron chi connectivity index (χ2n) is 3.84. The van der Waals surface area contributed by atoms with E-state index >= 15 is 0 Å². The molecule has 3 nitrogen and oxygen atoms in total. The molecule has 1 aromatic rings. The number of ether oxygens (including phenoxy) is 1. The van der Waals surface area contributed by atoms with Gasteiger partial charge in [-0.1, -0.05) is 15.9 Å². The molecule has 0 fully saturated rings. The first-order chi connectivity index (χ1) is 8.22. The largest absolute Gasteiger partial charge is 0.375 e. The minimum absolute atomic E-state index is 0.106. The summed E-state index contributed by atoms with van der Waals surface area (Å²) in [7, 11) is 0. The van der Waals surface area contributed by atoms with Crippen molar-refractivity contribution < 1.29 is 9.53 Å². The fourth-order valence-corrected chi connectivity index (χ4v) is 2.48. The van der Waals surface area contributed by atoms with Gasteiger partial charge >= 0.3 is 0 Å². The van der Waals surface area contributed by atoms with E-state index < -0.39 is 0 Å². The van der Waals surface area contributed by atoms with Crippen molar-refractivity contribution in [1.82, 2.24) is 0 Å². The average Bonchev–Trinajstić information content (AvgIpc) is 2.51. The predicted molar refractivity (Wildman–Crippen MR) is 74.6 cm³/mol. The maximum atomic E-state index is 12.0. The van der Waals surface area contributed by atoms with E-state index in [1.54, 1.807) is 4.90 Å². The maximum Gasteiger partial charge on any atom is 0.227 e. The number of thiol groups is 1. The molecule has 0 unspecified atom stereocenters. The molecule has 1 aliphatic rings. The molecule has 17 heavy (non-hydrogen) atoms. The zero-order valence-electron chi connectivity index (χ0n) is 9.36. The highest BCUT2D eigenvalue weighted by Crippen LogP contribution is 2.27. The Labute approximate surface area is 115 Å². The minimum Gasteiger partial charge on any atom is -0.375 e. The van der Waals surface area contributed by atoms with Gasteiger partial charge in [-0.25, -0.2) is 0 Å². The summed E-state index contributed by atoms with van der Waals surface area (Å²) in [6, 6.07) is 5.91. The standard InChI is InChI=1S/C12H14BrNO2S/c13-10-1-2-11-9(7-10)8-16-5-4-14(11)12(15)3-6-17/h1-2,7,17H,3-6,8H2. The number of halogens is 1. The first kappa shape index (κ1) is 12.9. The number of fused-ring (bicyclic) bond motifs is 1. The molecule has 1 heterocycles. The number of benzene rings is 1. The molecule has 0 bridgehead atoms. The maximum absolute atomic E-state index is 12.0. The summed E-state index contributed by atoms with van der Waals surface area (Å²) in [5.74, 6) is 0.677. The molecule has 0 aliphatic carbocycles. The van der Waals surface area contributed by atoms with Gasteiger partial charge in [0.25, 0.3) is 0 Å². The van der Waals surface area contributed by atoms with Crippen molar-refractivity contribution in [2.75, 3.05) is 23.8 Å². The third-order valence-electron chi connectivity index (χ3n) is 2.68. The number of nitrogens with zero attached hydrogens (tertiary/aromatic N) is 1. The molecule has 0 radical (unpaired) electrons. The second-order valence-corrected chi connectivity index (χ2v) is 5.21. The van der Waals surface area contributed by atoms with E-state index in [1.807, 2.05) is 18.2 Å². The molecule has 0 aromatic heterocycles. The molecular formula is C12H14BrNO2S. The van der Waals surface area contributed by atoms with Crippen LogP contribution in [-0.2, 0) is 16.1 Å². The van der Waals surface area contributed by atoms with Crippen LogP contribution in [0.1, 0.15) is 12.0 Å². The number of rotatable bonds is 2. The zero-order valence-corrected chi connectivity index (χ0v) is 11.8. The van der Waals surface area contributed by atoms with Gasteiger partial charge in [-0.15, -0.1) is 0 Å². The average molecular weight is 316 g/mol. The number of hydrogen-bond acceptors (Lipinski definition) is 3. The lowest BCUT2D eigenvalue weighted by molar-refractivity contribution is -0.118. The van der Waals surface area contributed by atoms with Crippen molar-refractivity contribution in [2.45, 2.75) is 13.0 Å². The van der Waals surface area contributed by atoms with Crippen molar-refractivity contribution in [1.29, 1.82) is 0 Å². The Morgan fingerprint density at radius 3 is 3.12 bits per heavy atom. The first-order valence-corrected chi connectivity index (χ1v) is 6.92. The Morgan fingerprint density at radius 1 is 1.53 bits per heavy atom. The molecule has 0 spiro atoms. The monoisotopic (exact) mass is 315 g/mol. The van der Waals surface area contributed by atoms with Gasteiger partial charge in [0.15, 0.2) is 0 Å². The van der Waals surface area contributed by atoms with Crippen LogP contribution in [0.25, 0.3) is 0 Å². The van der Waals surface area contributed by atoms with Crippen molar-refractivity contribution >= 4 is 40.2 Å². The Balaban J connectivity index is 2.33. The Bertz CT molecular complexity index is 425. The van der Waals surface area contributed by atoms with E-state index in [-0.39, 0.29) is 5.91 Å². The number of anilines is 1. The molecule has 2 rings (SSSR count). The van der Waals surface area contributed by atoms with E-state index in [4.69, 9.17) is 4.74 Å². The highest BCUT2D eigenvalue weighted by Gasteiger charge is 2.20. The van der Waals surface area contributed by atoms with Crippen LogP contribution in [0.4, 0.5) is 5.69 Å². The lowest BCUT2D eigenvalue weighted by Crippen LogP contribution is -2.33. The molecule has 0 N–H and O–H groups in total. The first-order valence-electron chi connectivity index (χ1n) is 5.50. The van der Waals surface area contributed by atoms with Crippen LogP contribution in [0.2, 0.25) is 0 Å². The Hall–Kier alpha value is -0.520. The van der Waals surface area contributed by atoms with Crippen LogP contribution in [0, 0.1) is 0 Å². The number of hydrogen-bond donors (Lipinski definition) is 1. The van der Waals surface area contributed by atoms with E-state index in [0.29, 0.717) is 31.9 Å². The number of carbonyl (C=O) groups excluding carboxylic acids is 1. The van der Waals surface area contributed by atoms with Crippen LogP contribution >= 0.6 is 28.6 Å². The van der Waals surface area contributed by atoms with Crippen LogP contribution in [0.5, 0.6) is 0 Å². The molecule has 92 valence electrons. The van der Waals surface area contributed by atoms with E-state index in [9.17, 15) is 4.79 Å². The zero-order chi connectivity index (χ0) is 12.3. The van der Waals surface area contributed by atoms with Gasteiger partial charge in [-0.05, 0) is 24.0 Å². The quantitative estimate of drug-likeness (QED) is 0.850. The van der Waals surface area contributed by atoms with Gasteiger partial charge in [-0.3, -0.25) is 4.79 Å². The van der Waals surface area contributed by atoms with Gasteiger partial charge in [0.2, 0.25) is 5.91 Å². The molecule has 1 aromatic carbocycles. The highest BCUT2D eigenvalue weighted by atomic mass is 79.9. The summed E-state index contributed by atoms with van der Waals surface area (Å²) in [5, 5.41) is 0. The third kappa shape index (κ3) is 3.03. The van der Waals surface area contributed by atoms with Gasteiger partial charge < -0.3 is 9.64 Å². The van der Waals surface area contributed by atoms with E-state index in [2.05, 4.69) is 28.6 Å². The lowest BCUT2D eigenvalue weighted by Gasteiger charge is -2.22. The van der Waals surface area contributed by atoms with Crippen molar-refractivity contribution in [3.63, 3.8) is 0 Å². The van der Waals surface area contributed by atoms with Crippen molar-refractivity contribution in [3.05, 3.63) is 28.2 Å². The van der Waals surface area contributed by atoms with E-state index in [1.165, 1.54) is 0 Å². The Morgan fingerprint density at radius 2 is 2.35 bits per heavy atom. The SMILES string of the molecule is O=C(CCS)N1CCOCc2cc(Br)ccc21. The fraction of sp³-hybridized carbons (Fsp3) is 0.417. The van der Waals surface area contributed by atoms with Gasteiger partial charge in [0.1, 0.15) is 0 Å². The molecule has 5 heteroatoms. The van der Waals surface area contributed by atoms with Gasteiger partial charge in [0.05, 0.1) is 13.2 Å². The Kier molecular flexibility index (Phi) is 4.48. The lowest BCUT2D eigenvalue weighted by atomic mass is 10.1. The second kappa shape index (κ2) is 5.89. The van der Waals surface area contributed by atoms with Crippen LogP contribution in [0.15, 0.2) is 22.7 Å². The molecule has 0 saturated heterocycles. The normalized spacial score (nSPS) is 15.3. The summed E-state index contributed by atoms with van der Waals surface area (Å²) in [4.78, 5) is 13.8. The van der Waals surface area contributed by atoms with Crippen molar-refractivity contribution in [3.8, 4) is 0 Å². The summed E-state index contributed by atoms with van der Waals surface area (Å²) in [6.45, 7) is 1.74. The van der Waals surface area contributed by atoms with Crippen LogP contribution < -0.4 is 4.90 Å². The summed E-state index contributed by atoms with van der Waals surface area (Å²) < 4.78 is 6.50. The third-order valence-corrected chi connectivity index (χ3v) is 3.39. The van der Waals surface area contributed by atoms with Gasteiger partial charge in [0, 0.05) is 28.7 Å². The molecular weight excluding hydrogens is 302 g/mol. The molecule has 1 amide bonds. The molecule has 1 aliphatic heterocycles. The van der Waals surface area contributed by atoms with Gasteiger partial charge in [-0.2, -0.15) is 12.6 Å². The number of carbonyl (C=O) groups is 1. The fourth-order valence-electron chi connectivity index (χ4n) is 1.88. The predicted octanol–water partition coefficient (Wildman–Crippen LogP) is 2.63. The number of amides is 1. The summed E-state index contributed by atoms with van der Waals surface area (Å²) in [6.07, 6.45) is 0.457.